The van der Waals surface area contributed by atoms with Crippen LogP contribution in [-0.2, 0) is 12.8 Å². The molecule has 0 amide bonds. The van der Waals surface area contributed by atoms with Gasteiger partial charge >= 0.3 is 0 Å². The van der Waals surface area contributed by atoms with Crippen molar-refractivity contribution >= 4 is 27.2 Å². The Morgan fingerprint density at radius 1 is 1.43 bits per heavy atom. The number of pyridine rings is 1. The van der Waals surface area contributed by atoms with Gasteiger partial charge in [-0.2, -0.15) is 0 Å². The van der Waals surface area contributed by atoms with Gasteiger partial charge < -0.3 is 5.73 Å². The summed E-state index contributed by atoms with van der Waals surface area (Å²) in [6, 6.07) is 2.15. The van der Waals surface area contributed by atoms with Crippen LogP contribution < -0.4 is 5.73 Å². The Morgan fingerprint density at radius 3 is 3.14 bits per heavy atom. The molecule has 2 aromatic rings. The molecule has 0 spiro atoms. The minimum atomic E-state index is 0.979. The number of fused-ring (bicyclic) bond motifs is 2. The minimum Gasteiger partial charge on any atom is -0.398 e. The molecule has 2 nitrogen and oxygen atoms in total. The molecule has 2 heterocycles. The molecule has 0 saturated heterocycles. The number of hydrogen-bond donors (Lipinski definition) is 1. The highest BCUT2D eigenvalue weighted by molar-refractivity contribution is 7.18. The lowest BCUT2D eigenvalue weighted by molar-refractivity contribution is 0.902. The van der Waals surface area contributed by atoms with Crippen molar-refractivity contribution in [2.45, 2.75) is 26.2 Å². The summed E-state index contributed by atoms with van der Waals surface area (Å²) in [6.07, 6.45) is 3.42. The molecule has 2 N–H and O–H groups in total. The number of nitrogens with zero attached hydrogens (tertiary/aromatic N) is 1. The fraction of sp³-hybridized carbons (Fsp3) is 0.364. The fourth-order valence-corrected chi connectivity index (χ4v) is 3.12. The number of nitrogens with two attached hydrogens (primary N) is 1. The lowest BCUT2D eigenvalue weighted by Gasteiger charge is -2.03. The van der Waals surface area contributed by atoms with Crippen molar-refractivity contribution in [3.63, 3.8) is 0 Å². The van der Waals surface area contributed by atoms with Crippen LogP contribution in [0.15, 0.2) is 6.07 Å². The molecule has 0 fully saturated rings. The topological polar surface area (TPSA) is 38.9 Å². The molecule has 3 heteroatoms. The quantitative estimate of drug-likeness (QED) is 0.716. The summed E-state index contributed by atoms with van der Waals surface area (Å²) in [5.74, 6) is 0. The van der Waals surface area contributed by atoms with Gasteiger partial charge in [-0.1, -0.05) is 0 Å². The van der Waals surface area contributed by atoms with Crippen molar-refractivity contribution in [3.05, 3.63) is 22.2 Å². The van der Waals surface area contributed by atoms with E-state index in [0.717, 1.165) is 28.7 Å². The largest absolute Gasteiger partial charge is 0.398 e. The molecular formula is C11H12N2S. The van der Waals surface area contributed by atoms with E-state index in [4.69, 9.17) is 5.73 Å². The van der Waals surface area contributed by atoms with E-state index >= 15 is 0 Å². The van der Waals surface area contributed by atoms with E-state index in [1.54, 1.807) is 11.3 Å². The standard InChI is InChI=1S/C11H12N2S/c1-6-5-8-10(12)7-3-2-4-9(7)13-11(8)14-6/h5H,2-4H2,1H3,(H2,12,13). The highest BCUT2D eigenvalue weighted by atomic mass is 32.1. The molecule has 14 heavy (non-hydrogen) atoms. The van der Waals surface area contributed by atoms with Crippen molar-refractivity contribution in [1.82, 2.24) is 4.98 Å². The predicted molar refractivity (Wildman–Crippen MR) is 60.8 cm³/mol. The summed E-state index contributed by atoms with van der Waals surface area (Å²) in [5.41, 5.74) is 9.66. The second kappa shape index (κ2) is 2.70. The molecule has 1 aliphatic carbocycles. The van der Waals surface area contributed by atoms with Gasteiger partial charge in [0.05, 0.1) is 0 Å². The zero-order chi connectivity index (χ0) is 9.71. The lowest BCUT2D eigenvalue weighted by atomic mass is 10.1. The molecule has 0 atom stereocenters. The number of aryl methyl sites for hydroxylation is 2. The number of anilines is 1. The lowest BCUT2D eigenvalue weighted by Crippen LogP contribution is -1.96. The first-order chi connectivity index (χ1) is 6.75. The van der Waals surface area contributed by atoms with Gasteiger partial charge in [0.15, 0.2) is 0 Å². The van der Waals surface area contributed by atoms with E-state index in [-0.39, 0.29) is 0 Å². The second-order valence-electron chi connectivity index (χ2n) is 3.88. The monoisotopic (exact) mass is 204 g/mol. The summed E-state index contributed by atoms with van der Waals surface area (Å²) < 4.78 is 0. The van der Waals surface area contributed by atoms with Gasteiger partial charge in [-0.05, 0) is 37.8 Å². The van der Waals surface area contributed by atoms with Crippen LogP contribution in [0.1, 0.15) is 22.6 Å². The second-order valence-corrected chi connectivity index (χ2v) is 5.11. The van der Waals surface area contributed by atoms with E-state index in [2.05, 4.69) is 18.0 Å². The van der Waals surface area contributed by atoms with Gasteiger partial charge in [0.25, 0.3) is 0 Å². The van der Waals surface area contributed by atoms with Gasteiger partial charge in [0.1, 0.15) is 4.83 Å². The molecule has 0 aliphatic heterocycles. The maximum Gasteiger partial charge on any atom is 0.125 e. The van der Waals surface area contributed by atoms with Crippen molar-refractivity contribution in [2.75, 3.05) is 5.73 Å². The zero-order valence-electron chi connectivity index (χ0n) is 8.13. The smallest absolute Gasteiger partial charge is 0.125 e. The summed E-state index contributed by atoms with van der Waals surface area (Å²) in [4.78, 5) is 7.08. The van der Waals surface area contributed by atoms with E-state index in [9.17, 15) is 0 Å². The number of thiophene rings is 1. The molecule has 1 aliphatic rings. The highest BCUT2D eigenvalue weighted by Gasteiger charge is 2.18. The molecule has 2 aromatic heterocycles. The van der Waals surface area contributed by atoms with E-state index in [1.807, 2.05) is 0 Å². The van der Waals surface area contributed by atoms with Crippen LogP contribution in [0.25, 0.3) is 10.2 Å². The van der Waals surface area contributed by atoms with Gasteiger partial charge in [-0.25, -0.2) is 4.98 Å². The predicted octanol–water partition coefficient (Wildman–Crippen LogP) is 2.68. The zero-order valence-corrected chi connectivity index (χ0v) is 8.95. The van der Waals surface area contributed by atoms with E-state index in [0.29, 0.717) is 0 Å². The maximum absolute atomic E-state index is 6.15. The Balaban J connectivity index is 2.42. The van der Waals surface area contributed by atoms with Crippen molar-refractivity contribution in [2.24, 2.45) is 0 Å². The van der Waals surface area contributed by atoms with Crippen LogP contribution in [-0.4, -0.2) is 4.98 Å². The Morgan fingerprint density at radius 2 is 2.29 bits per heavy atom. The molecule has 0 saturated carbocycles. The first-order valence-corrected chi connectivity index (χ1v) is 5.75. The van der Waals surface area contributed by atoms with Crippen LogP contribution in [0.5, 0.6) is 0 Å². The first-order valence-electron chi connectivity index (χ1n) is 4.93. The molecule has 0 unspecified atom stereocenters. The summed E-state index contributed by atoms with van der Waals surface area (Å²) in [5, 5.41) is 1.16. The third kappa shape index (κ3) is 0.989. The Hall–Kier alpha value is -1.09. The molecule has 0 bridgehead atoms. The van der Waals surface area contributed by atoms with Crippen molar-refractivity contribution < 1.29 is 0 Å². The van der Waals surface area contributed by atoms with Gasteiger partial charge in [-0.15, -0.1) is 11.3 Å². The SMILES string of the molecule is Cc1cc2c(N)c3c(nc2s1)CCC3. The summed E-state index contributed by atoms with van der Waals surface area (Å²) in [6.45, 7) is 2.11. The van der Waals surface area contributed by atoms with Gasteiger partial charge in [-0.3, -0.25) is 0 Å². The fourth-order valence-electron chi connectivity index (χ4n) is 2.20. The number of hydrogen-bond acceptors (Lipinski definition) is 3. The normalized spacial score (nSPS) is 14.9. The Labute approximate surface area is 86.8 Å². The first kappa shape index (κ1) is 8.24. The maximum atomic E-state index is 6.15. The van der Waals surface area contributed by atoms with E-state index < -0.39 is 0 Å². The number of aromatic nitrogens is 1. The molecule has 3 rings (SSSR count). The Kier molecular flexibility index (Phi) is 1.59. The van der Waals surface area contributed by atoms with Crippen LogP contribution in [0.3, 0.4) is 0 Å². The van der Waals surface area contributed by atoms with Gasteiger partial charge in [0, 0.05) is 21.6 Å². The highest BCUT2D eigenvalue weighted by Crippen LogP contribution is 2.35. The average molecular weight is 204 g/mol. The molecule has 72 valence electrons. The van der Waals surface area contributed by atoms with Crippen LogP contribution in [0.2, 0.25) is 0 Å². The van der Waals surface area contributed by atoms with Crippen LogP contribution in [0, 0.1) is 6.92 Å². The van der Waals surface area contributed by atoms with Gasteiger partial charge in [0.2, 0.25) is 0 Å². The van der Waals surface area contributed by atoms with Crippen LogP contribution >= 0.6 is 11.3 Å². The third-order valence-corrected chi connectivity index (χ3v) is 3.82. The Bertz CT molecular complexity index is 513. The summed E-state index contributed by atoms with van der Waals surface area (Å²) in [7, 11) is 0. The molecule has 0 radical (unpaired) electrons. The molecular weight excluding hydrogens is 192 g/mol. The minimum absolute atomic E-state index is 0.979. The van der Waals surface area contributed by atoms with Crippen molar-refractivity contribution in [3.8, 4) is 0 Å². The molecule has 0 aromatic carbocycles. The average Bonchev–Trinajstić information content (AvgIpc) is 2.71. The number of rotatable bonds is 0. The van der Waals surface area contributed by atoms with E-state index in [1.165, 1.54) is 22.6 Å². The number of nitrogen functional groups attached to an aromatic ring is 1. The van der Waals surface area contributed by atoms with Crippen LogP contribution in [0.4, 0.5) is 5.69 Å². The third-order valence-electron chi connectivity index (χ3n) is 2.88. The summed E-state index contributed by atoms with van der Waals surface area (Å²) >= 11 is 1.74. The van der Waals surface area contributed by atoms with Crippen molar-refractivity contribution in [1.29, 1.82) is 0 Å².